The fourth-order valence-corrected chi connectivity index (χ4v) is 2.56. The van der Waals surface area contributed by atoms with Crippen molar-refractivity contribution in [1.29, 1.82) is 0 Å². The van der Waals surface area contributed by atoms with Crippen LogP contribution >= 0.6 is 0 Å². The Morgan fingerprint density at radius 3 is 2.52 bits per heavy atom. The van der Waals surface area contributed by atoms with E-state index in [1.807, 2.05) is 31.3 Å². The van der Waals surface area contributed by atoms with Gasteiger partial charge in [-0.1, -0.05) is 24.3 Å². The number of nitrogens with zero attached hydrogens (tertiary/aromatic N) is 1. The molecule has 0 bridgehead atoms. The third kappa shape index (κ3) is 5.72. The molecular formula is C20H23N2O3. The third-order valence-electron chi connectivity index (χ3n) is 3.93. The number of rotatable bonds is 8. The van der Waals surface area contributed by atoms with Gasteiger partial charge in [-0.05, 0) is 55.9 Å². The molecule has 0 spiro atoms. The molecule has 5 nitrogen and oxygen atoms in total. The van der Waals surface area contributed by atoms with E-state index in [0.29, 0.717) is 12.0 Å². The summed E-state index contributed by atoms with van der Waals surface area (Å²) in [4.78, 5) is 25.6. The third-order valence-corrected chi connectivity index (χ3v) is 3.93. The van der Waals surface area contributed by atoms with E-state index in [1.54, 1.807) is 42.5 Å². The number of nitrogens with one attached hydrogen (secondary N) is 1. The first kappa shape index (κ1) is 18.7. The molecule has 0 aliphatic heterocycles. The zero-order chi connectivity index (χ0) is 18.2. The minimum atomic E-state index is -0.740. The number of carbonyl (C=O) groups excluding carboxylic acids is 2. The van der Waals surface area contributed by atoms with Crippen LogP contribution in [0.4, 0.5) is 0 Å². The van der Waals surface area contributed by atoms with E-state index in [1.165, 1.54) is 0 Å². The standard InChI is InChI=1S/C20H23N2O3/c1-22(2)11-10-17-13-19(24)9-8-16(17)12-18(14-23)21-20(25)15-6-4-3-5-7-15/h3-9,13,18,24H,10-12H2,1-2H3,(H,21,25)/t18-/m0/s1. The molecular weight excluding hydrogens is 316 g/mol. The number of amides is 1. The number of hydrogen-bond donors (Lipinski definition) is 2. The van der Waals surface area contributed by atoms with E-state index in [9.17, 15) is 14.7 Å². The Morgan fingerprint density at radius 1 is 1.16 bits per heavy atom. The van der Waals surface area contributed by atoms with Gasteiger partial charge in [-0.3, -0.25) is 9.59 Å². The molecule has 0 aliphatic carbocycles. The molecule has 1 atom stereocenters. The van der Waals surface area contributed by atoms with Gasteiger partial charge in [-0.25, -0.2) is 0 Å². The van der Waals surface area contributed by atoms with Crippen LogP contribution in [0.15, 0.2) is 48.5 Å². The molecule has 0 fully saturated rings. The summed E-state index contributed by atoms with van der Waals surface area (Å²) in [6.45, 7) is 0.822. The predicted molar refractivity (Wildman–Crippen MR) is 97.5 cm³/mol. The number of likely N-dealkylation sites (N-methyl/N-ethyl adjacent to an activating group) is 1. The molecule has 2 aromatic rings. The van der Waals surface area contributed by atoms with Gasteiger partial charge in [0.2, 0.25) is 6.29 Å². The van der Waals surface area contributed by atoms with E-state index >= 15 is 0 Å². The maximum absolute atomic E-state index is 12.2. The lowest BCUT2D eigenvalue weighted by molar-refractivity contribution is 0.0946. The zero-order valence-corrected chi connectivity index (χ0v) is 14.5. The first-order valence-corrected chi connectivity index (χ1v) is 8.18. The smallest absolute Gasteiger partial charge is 0.251 e. The second-order valence-corrected chi connectivity index (χ2v) is 6.22. The average Bonchev–Trinajstić information content (AvgIpc) is 2.61. The molecule has 2 N–H and O–H groups in total. The van der Waals surface area contributed by atoms with Crippen molar-refractivity contribution in [1.82, 2.24) is 10.2 Å². The lowest BCUT2D eigenvalue weighted by Crippen LogP contribution is -2.37. The van der Waals surface area contributed by atoms with Crippen LogP contribution in [-0.2, 0) is 17.6 Å². The average molecular weight is 339 g/mol. The second-order valence-electron chi connectivity index (χ2n) is 6.22. The van der Waals surface area contributed by atoms with Crippen LogP contribution in [0.25, 0.3) is 0 Å². The van der Waals surface area contributed by atoms with Gasteiger partial charge in [0.15, 0.2) is 0 Å². The molecule has 0 saturated heterocycles. The molecule has 0 heterocycles. The molecule has 0 aliphatic rings. The van der Waals surface area contributed by atoms with Crippen molar-refractivity contribution in [2.75, 3.05) is 20.6 Å². The lowest BCUT2D eigenvalue weighted by Gasteiger charge is -2.17. The van der Waals surface area contributed by atoms with E-state index in [4.69, 9.17) is 0 Å². The maximum atomic E-state index is 12.2. The monoisotopic (exact) mass is 339 g/mol. The van der Waals surface area contributed by atoms with Crippen LogP contribution in [-0.4, -0.2) is 48.9 Å². The molecule has 0 aromatic heterocycles. The van der Waals surface area contributed by atoms with Crippen molar-refractivity contribution < 1.29 is 14.7 Å². The number of benzene rings is 2. The molecule has 0 saturated carbocycles. The van der Waals surface area contributed by atoms with Gasteiger partial charge < -0.3 is 15.3 Å². The summed E-state index contributed by atoms with van der Waals surface area (Å²) in [5.74, 6) is -0.111. The van der Waals surface area contributed by atoms with Gasteiger partial charge in [0.25, 0.3) is 5.91 Å². The van der Waals surface area contributed by atoms with Crippen molar-refractivity contribution in [2.24, 2.45) is 0 Å². The molecule has 5 heteroatoms. The molecule has 131 valence electrons. The Hall–Kier alpha value is -2.66. The summed E-state index contributed by atoms with van der Waals surface area (Å²) in [6, 6.07) is 13.1. The highest BCUT2D eigenvalue weighted by atomic mass is 16.3. The minimum Gasteiger partial charge on any atom is -0.508 e. The normalized spacial score (nSPS) is 12.0. The van der Waals surface area contributed by atoms with Crippen LogP contribution in [0.5, 0.6) is 5.75 Å². The lowest BCUT2D eigenvalue weighted by atomic mass is 9.98. The molecule has 2 rings (SSSR count). The van der Waals surface area contributed by atoms with Crippen LogP contribution in [0, 0.1) is 0 Å². The van der Waals surface area contributed by atoms with Gasteiger partial charge >= 0.3 is 0 Å². The molecule has 2 aromatic carbocycles. The largest absolute Gasteiger partial charge is 0.508 e. The Balaban J connectivity index is 2.10. The van der Waals surface area contributed by atoms with Crippen molar-refractivity contribution >= 4 is 12.2 Å². The Labute approximate surface area is 148 Å². The Kier molecular flexibility index (Phi) is 6.71. The summed E-state index contributed by atoms with van der Waals surface area (Å²) < 4.78 is 0. The highest BCUT2D eigenvalue weighted by Crippen LogP contribution is 2.19. The molecule has 0 unspecified atom stereocenters. The van der Waals surface area contributed by atoms with E-state index < -0.39 is 6.04 Å². The van der Waals surface area contributed by atoms with Gasteiger partial charge in [0.05, 0.1) is 6.04 Å². The summed E-state index contributed by atoms with van der Waals surface area (Å²) in [7, 11) is 3.95. The summed E-state index contributed by atoms with van der Waals surface area (Å²) in [5.41, 5.74) is 2.38. The van der Waals surface area contributed by atoms with E-state index in [-0.39, 0.29) is 11.7 Å². The van der Waals surface area contributed by atoms with Crippen molar-refractivity contribution in [3.63, 3.8) is 0 Å². The number of hydrogen-bond acceptors (Lipinski definition) is 4. The van der Waals surface area contributed by atoms with Crippen LogP contribution in [0.2, 0.25) is 0 Å². The fourth-order valence-electron chi connectivity index (χ4n) is 2.56. The minimum absolute atomic E-state index is 0.192. The highest BCUT2D eigenvalue weighted by Gasteiger charge is 2.16. The van der Waals surface area contributed by atoms with Crippen LogP contribution < -0.4 is 5.32 Å². The SMILES string of the molecule is CN(C)CCc1cc(O)ccc1C[C@@H]([C]=O)NC(=O)c1ccccc1. The zero-order valence-electron chi connectivity index (χ0n) is 14.5. The fraction of sp³-hybridized carbons (Fsp3) is 0.300. The van der Waals surface area contributed by atoms with Crippen LogP contribution in [0.1, 0.15) is 21.5 Å². The van der Waals surface area contributed by atoms with E-state index in [2.05, 4.69) is 5.32 Å². The second kappa shape index (κ2) is 8.99. The summed E-state index contributed by atoms with van der Waals surface area (Å²) in [6.07, 6.45) is 2.99. The molecule has 1 radical (unpaired) electrons. The number of phenols is 1. The van der Waals surface area contributed by atoms with Crippen molar-refractivity contribution in [2.45, 2.75) is 18.9 Å². The quantitative estimate of drug-likeness (QED) is 0.771. The number of phenolic OH excluding ortho intramolecular Hbond substituents is 1. The summed E-state index contributed by atoms with van der Waals surface area (Å²) in [5, 5.41) is 12.4. The van der Waals surface area contributed by atoms with Gasteiger partial charge in [0.1, 0.15) is 5.75 Å². The first-order chi connectivity index (χ1) is 12.0. The first-order valence-electron chi connectivity index (χ1n) is 8.18. The highest BCUT2D eigenvalue weighted by molar-refractivity contribution is 5.95. The molecule has 1 amide bonds. The maximum Gasteiger partial charge on any atom is 0.251 e. The van der Waals surface area contributed by atoms with Crippen LogP contribution in [0.3, 0.4) is 0 Å². The topological polar surface area (TPSA) is 69.6 Å². The Morgan fingerprint density at radius 2 is 1.88 bits per heavy atom. The van der Waals surface area contributed by atoms with Crippen molar-refractivity contribution in [3.8, 4) is 5.75 Å². The molecule has 25 heavy (non-hydrogen) atoms. The number of carbonyl (C=O) groups is 1. The van der Waals surface area contributed by atoms with Gasteiger partial charge in [-0.15, -0.1) is 0 Å². The van der Waals surface area contributed by atoms with E-state index in [0.717, 1.165) is 24.1 Å². The van der Waals surface area contributed by atoms with Gasteiger partial charge in [-0.2, -0.15) is 0 Å². The Bertz CT molecular complexity index is 714. The predicted octanol–water partition coefficient (Wildman–Crippen LogP) is 1.95. The van der Waals surface area contributed by atoms with Gasteiger partial charge in [0, 0.05) is 18.5 Å². The number of aromatic hydroxyl groups is 1. The van der Waals surface area contributed by atoms with Crippen molar-refractivity contribution in [3.05, 3.63) is 65.2 Å². The summed E-state index contributed by atoms with van der Waals surface area (Å²) >= 11 is 0.